The van der Waals surface area contributed by atoms with Gasteiger partial charge in [-0.05, 0) is 11.6 Å². The smallest absolute Gasteiger partial charge is 0.258 e. The van der Waals surface area contributed by atoms with Crippen molar-refractivity contribution < 1.29 is 9.53 Å². The highest BCUT2D eigenvalue weighted by Crippen LogP contribution is 2.00. The van der Waals surface area contributed by atoms with Gasteiger partial charge in [0.05, 0.1) is 13.2 Å². The SMILES string of the molecule is O=C(/C=C/c1ccccc1)NN1CCOCC1. The summed E-state index contributed by atoms with van der Waals surface area (Å²) >= 11 is 0. The van der Waals surface area contributed by atoms with Crippen LogP contribution >= 0.6 is 0 Å². The molecule has 1 heterocycles. The fraction of sp³-hybridized carbons (Fsp3) is 0.308. The third kappa shape index (κ3) is 4.01. The monoisotopic (exact) mass is 232 g/mol. The van der Waals surface area contributed by atoms with Gasteiger partial charge in [0.1, 0.15) is 0 Å². The van der Waals surface area contributed by atoms with Crippen molar-refractivity contribution in [3.63, 3.8) is 0 Å². The fourth-order valence-corrected chi connectivity index (χ4v) is 1.60. The van der Waals surface area contributed by atoms with E-state index in [1.54, 1.807) is 12.2 Å². The number of hydrazine groups is 1. The van der Waals surface area contributed by atoms with Crippen LogP contribution in [0.2, 0.25) is 0 Å². The molecule has 0 aromatic heterocycles. The first-order valence-corrected chi connectivity index (χ1v) is 5.71. The Balaban J connectivity index is 1.82. The van der Waals surface area contributed by atoms with Gasteiger partial charge in [-0.25, -0.2) is 5.01 Å². The van der Waals surface area contributed by atoms with Crippen molar-refractivity contribution in [3.8, 4) is 0 Å². The minimum atomic E-state index is -0.101. The van der Waals surface area contributed by atoms with Crippen molar-refractivity contribution in [2.45, 2.75) is 0 Å². The van der Waals surface area contributed by atoms with Crippen LogP contribution in [0.25, 0.3) is 6.08 Å². The molecule has 1 fully saturated rings. The van der Waals surface area contributed by atoms with Crippen molar-refractivity contribution in [2.75, 3.05) is 26.3 Å². The van der Waals surface area contributed by atoms with Crippen LogP contribution in [0.3, 0.4) is 0 Å². The number of amides is 1. The van der Waals surface area contributed by atoms with Crippen molar-refractivity contribution in [1.82, 2.24) is 10.4 Å². The minimum absolute atomic E-state index is 0.101. The molecule has 4 heteroatoms. The molecule has 0 spiro atoms. The molecule has 1 aliphatic heterocycles. The predicted molar refractivity (Wildman–Crippen MR) is 66.0 cm³/mol. The van der Waals surface area contributed by atoms with Gasteiger partial charge in [-0.2, -0.15) is 0 Å². The first-order chi connectivity index (χ1) is 8.34. The van der Waals surface area contributed by atoms with Crippen LogP contribution < -0.4 is 5.43 Å². The van der Waals surface area contributed by atoms with Crippen molar-refractivity contribution in [2.24, 2.45) is 0 Å². The van der Waals surface area contributed by atoms with Gasteiger partial charge in [-0.15, -0.1) is 0 Å². The van der Waals surface area contributed by atoms with E-state index in [0.29, 0.717) is 13.2 Å². The van der Waals surface area contributed by atoms with Gasteiger partial charge in [0.25, 0.3) is 5.91 Å². The molecule has 0 bridgehead atoms. The minimum Gasteiger partial charge on any atom is -0.379 e. The normalized spacial score (nSPS) is 17.2. The van der Waals surface area contributed by atoms with E-state index in [1.807, 2.05) is 35.3 Å². The summed E-state index contributed by atoms with van der Waals surface area (Å²) in [7, 11) is 0. The molecule has 17 heavy (non-hydrogen) atoms. The summed E-state index contributed by atoms with van der Waals surface area (Å²) in [5, 5.41) is 1.88. The fourth-order valence-electron chi connectivity index (χ4n) is 1.60. The largest absolute Gasteiger partial charge is 0.379 e. The highest BCUT2D eigenvalue weighted by molar-refractivity contribution is 5.91. The lowest BCUT2D eigenvalue weighted by Crippen LogP contribution is -2.47. The second-order valence-corrected chi connectivity index (χ2v) is 3.82. The van der Waals surface area contributed by atoms with Gasteiger partial charge in [0.15, 0.2) is 0 Å². The lowest BCUT2D eigenvalue weighted by Gasteiger charge is -2.26. The topological polar surface area (TPSA) is 41.6 Å². The molecule has 1 aromatic carbocycles. The molecule has 1 N–H and O–H groups in total. The summed E-state index contributed by atoms with van der Waals surface area (Å²) in [6, 6.07) is 9.75. The average molecular weight is 232 g/mol. The van der Waals surface area contributed by atoms with Crippen LogP contribution in [0.5, 0.6) is 0 Å². The van der Waals surface area contributed by atoms with E-state index < -0.39 is 0 Å². The maximum absolute atomic E-state index is 11.6. The maximum Gasteiger partial charge on any atom is 0.258 e. The lowest BCUT2D eigenvalue weighted by atomic mass is 10.2. The number of morpholine rings is 1. The third-order valence-corrected chi connectivity index (χ3v) is 2.51. The van der Waals surface area contributed by atoms with E-state index in [4.69, 9.17) is 4.74 Å². The highest BCUT2D eigenvalue weighted by atomic mass is 16.5. The summed E-state index contributed by atoms with van der Waals surface area (Å²) in [6.45, 7) is 2.82. The quantitative estimate of drug-likeness (QED) is 0.792. The molecule has 0 aliphatic carbocycles. The van der Waals surface area contributed by atoms with Crippen LogP contribution in [0.4, 0.5) is 0 Å². The number of ether oxygens (including phenoxy) is 1. The zero-order valence-electron chi connectivity index (χ0n) is 9.63. The summed E-state index contributed by atoms with van der Waals surface area (Å²) in [5.41, 5.74) is 3.83. The van der Waals surface area contributed by atoms with E-state index in [0.717, 1.165) is 18.7 Å². The van der Waals surface area contributed by atoms with Crippen LogP contribution in [0, 0.1) is 0 Å². The van der Waals surface area contributed by atoms with Crippen molar-refractivity contribution >= 4 is 12.0 Å². The van der Waals surface area contributed by atoms with Crippen LogP contribution in [-0.2, 0) is 9.53 Å². The van der Waals surface area contributed by atoms with Crippen molar-refractivity contribution in [3.05, 3.63) is 42.0 Å². The van der Waals surface area contributed by atoms with Crippen LogP contribution in [0.1, 0.15) is 5.56 Å². The molecule has 0 radical (unpaired) electrons. The summed E-state index contributed by atoms with van der Waals surface area (Å²) in [6.07, 6.45) is 3.35. The lowest BCUT2D eigenvalue weighted by molar-refractivity contribution is -0.123. The Kier molecular flexibility index (Phi) is 4.30. The number of hydrogen-bond acceptors (Lipinski definition) is 3. The number of rotatable bonds is 3. The van der Waals surface area contributed by atoms with E-state index in [2.05, 4.69) is 5.43 Å². The molecular weight excluding hydrogens is 216 g/mol. The molecule has 0 atom stereocenters. The second-order valence-electron chi connectivity index (χ2n) is 3.82. The number of hydrogen-bond donors (Lipinski definition) is 1. The average Bonchev–Trinajstić information content (AvgIpc) is 2.39. The zero-order chi connectivity index (χ0) is 11.9. The van der Waals surface area contributed by atoms with E-state index in [9.17, 15) is 4.79 Å². The van der Waals surface area contributed by atoms with E-state index in [-0.39, 0.29) is 5.91 Å². The van der Waals surface area contributed by atoms with Gasteiger partial charge in [0.2, 0.25) is 0 Å². The van der Waals surface area contributed by atoms with Gasteiger partial charge in [0, 0.05) is 19.2 Å². The molecule has 1 aromatic rings. The number of carbonyl (C=O) groups is 1. The van der Waals surface area contributed by atoms with E-state index >= 15 is 0 Å². The Hall–Kier alpha value is -1.65. The standard InChI is InChI=1S/C13H16N2O2/c16-13(14-15-8-10-17-11-9-15)7-6-12-4-2-1-3-5-12/h1-7H,8-11H2,(H,14,16)/b7-6+. The van der Waals surface area contributed by atoms with Gasteiger partial charge < -0.3 is 4.74 Å². The molecule has 2 rings (SSSR count). The first-order valence-electron chi connectivity index (χ1n) is 5.71. The van der Waals surface area contributed by atoms with Gasteiger partial charge in [-0.1, -0.05) is 30.3 Å². The summed E-state index contributed by atoms with van der Waals surface area (Å²) in [4.78, 5) is 11.6. The van der Waals surface area contributed by atoms with E-state index in [1.165, 1.54) is 0 Å². The summed E-state index contributed by atoms with van der Waals surface area (Å²) < 4.78 is 5.20. The maximum atomic E-state index is 11.6. The molecule has 1 aliphatic rings. The first kappa shape index (κ1) is 11.8. The van der Waals surface area contributed by atoms with Crippen molar-refractivity contribution in [1.29, 1.82) is 0 Å². The molecule has 1 amide bonds. The number of benzene rings is 1. The van der Waals surface area contributed by atoms with Gasteiger partial charge >= 0.3 is 0 Å². The second kappa shape index (κ2) is 6.18. The molecule has 4 nitrogen and oxygen atoms in total. The number of carbonyl (C=O) groups excluding carboxylic acids is 1. The number of nitrogens with one attached hydrogen (secondary N) is 1. The van der Waals surface area contributed by atoms with Crippen LogP contribution in [-0.4, -0.2) is 37.2 Å². The zero-order valence-corrected chi connectivity index (χ0v) is 9.63. The Morgan fingerprint density at radius 3 is 2.65 bits per heavy atom. The molecule has 0 saturated carbocycles. The third-order valence-electron chi connectivity index (χ3n) is 2.51. The van der Waals surface area contributed by atoms with Gasteiger partial charge in [-0.3, -0.25) is 10.2 Å². The molecular formula is C13H16N2O2. The number of nitrogens with zero attached hydrogens (tertiary/aromatic N) is 1. The Morgan fingerprint density at radius 1 is 1.24 bits per heavy atom. The molecule has 1 saturated heterocycles. The predicted octanol–water partition coefficient (Wildman–Crippen LogP) is 1.06. The molecule has 90 valence electrons. The summed E-state index contributed by atoms with van der Waals surface area (Å²) in [5.74, 6) is -0.101. The Labute approximate surface area is 101 Å². The highest BCUT2D eigenvalue weighted by Gasteiger charge is 2.10. The van der Waals surface area contributed by atoms with Crippen LogP contribution in [0.15, 0.2) is 36.4 Å². The Bertz CT molecular complexity index is 384. The molecule has 0 unspecified atom stereocenters. The Morgan fingerprint density at radius 2 is 1.94 bits per heavy atom.